The second-order valence-electron chi connectivity index (χ2n) is 7.78. The van der Waals surface area contributed by atoms with Crippen molar-refractivity contribution >= 4 is 11.5 Å². The third kappa shape index (κ3) is 3.28. The molecule has 3 aliphatic heterocycles. The molecule has 2 bridgehead atoms. The maximum absolute atomic E-state index is 6.03. The summed E-state index contributed by atoms with van der Waals surface area (Å²) in [6, 6.07) is 10.8. The van der Waals surface area contributed by atoms with E-state index in [0.717, 1.165) is 61.2 Å². The molecule has 1 aromatic heterocycles. The van der Waals surface area contributed by atoms with Gasteiger partial charge in [0.15, 0.2) is 5.82 Å². The summed E-state index contributed by atoms with van der Waals surface area (Å²) in [6.07, 6.45) is 5.74. The number of anilines is 2. The van der Waals surface area contributed by atoms with Crippen molar-refractivity contribution in [1.82, 2.24) is 9.97 Å². The van der Waals surface area contributed by atoms with Crippen molar-refractivity contribution < 1.29 is 9.47 Å². The van der Waals surface area contributed by atoms with Gasteiger partial charge in [-0.2, -0.15) is 0 Å². The van der Waals surface area contributed by atoms with Gasteiger partial charge in [-0.1, -0.05) is 0 Å². The average molecular weight is 366 g/mol. The van der Waals surface area contributed by atoms with E-state index >= 15 is 0 Å². The van der Waals surface area contributed by atoms with Crippen molar-refractivity contribution in [2.45, 2.75) is 50.3 Å². The van der Waals surface area contributed by atoms with Crippen LogP contribution in [0.4, 0.5) is 11.5 Å². The summed E-state index contributed by atoms with van der Waals surface area (Å²) in [7, 11) is 0. The minimum Gasteiger partial charge on any atom is -0.399 e. The first kappa shape index (κ1) is 17.0. The lowest BCUT2D eigenvalue weighted by Crippen LogP contribution is -2.46. The first-order chi connectivity index (χ1) is 13.3. The maximum Gasteiger partial charge on any atom is 0.161 e. The number of aromatic nitrogens is 2. The van der Waals surface area contributed by atoms with E-state index in [1.807, 2.05) is 24.3 Å². The number of benzene rings is 1. The second-order valence-corrected chi connectivity index (χ2v) is 7.78. The van der Waals surface area contributed by atoms with Crippen LogP contribution in [-0.2, 0) is 9.47 Å². The lowest BCUT2D eigenvalue weighted by atomic mass is 10.1. The number of hydrogen-bond acceptors (Lipinski definition) is 6. The van der Waals surface area contributed by atoms with Crippen molar-refractivity contribution in [1.29, 1.82) is 0 Å². The van der Waals surface area contributed by atoms with Crippen LogP contribution < -0.4 is 10.6 Å². The second kappa shape index (κ2) is 7.09. The minimum absolute atomic E-state index is 0.0618. The smallest absolute Gasteiger partial charge is 0.161 e. The minimum atomic E-state index is 0.0618. The molecule has 0 aliphatic carbocycles. The van der Waals surface area contributed by atoms with Crippen LogP contribution in [0.15, 0.2) is 30.3 Å². The first-order valence-electron chi connectivity index (χ1n) is 10.0. The van der Waals surface area contributed by atoms with Gasteiger partial charge in [0.2, 0.25) is 0 Å². The molecule has 3 unspecified atom stereocenters. The average Bonchev–Trinajstić information content (AvgIpc) is 2.97. The molecule has 0 spiro atoms. The summed E-state index contributed by atoms with van der Waals surface area (Å²) >= 11 is 0. The maximum atomic E-state index is 6.03. The van der Waals surface area contributed by atoms with Gasteiger partial charge in [0.05, 0.1) is 37.1 Å². The Labute approximate surface area is 159 Å². The fourth-order valence-electron chi connectivity index (χ4n) is 4.49. The number of rotatable bonds is 3. The summed E-state index contributed by atoms with van der Waals surface area (Å²) in [5.41, 5.74) is 8.59. The van der Waals surface area contributed by atoms with E-state index in [4.69, 9.17) is 25.2 Å². The first-order valence-corrected chi connectivity index (χ1v) is 10.0. The molecule has 27 heavy (non-hydrogen) atoms. The molecule has 0 amide bonds. The molecule has 3 saturated heterocycles. The van der Waals surface area contributed by atoms with E-state index in [2.05, 4.69) is 11.0 Å². The van der Waals surface area contributed by atoms with Gasteiger partial charge in [-0.3, -0.25) is 0 Å². The number of morpholine rings is 1. The highest BCUT2D eigenvalue weighted by Gasteiger charge is 2.38. The molecular formula is C21H26N4O2. The van der Waals surface area contributed by atoms with Crippen molar-refractivity contribution in [3.05, 3.63) is 36.0 Å². The molecule has 0 radical (unpaired) electrons. The van der Waals surface area contributed by atoms with E-state index in [1.165, 1.54) is 19.3 Å². The third-order valence-electron chi connectivity index (χ3n) is 5.92. The monoisotopic (exact) mass is 366 g/mol. The predicted octanol–water partition coefficient (Wildman–Crippen LogP) is 3.34. The zero-order chi connectivity index (χ0) is 18.2. The normalized spacial score (nSPS) is 27.7. The lowest BCUT2D eigenvalue weighted by molar-refractivity contribution is 0.0123. The molecule has 2 aromatic rings. The highest BCUT2D eigenvalue weighted by atomic mass is 16.5. The molecule has 6 heteroatoms. The SMILES string of the molecule is Nc1ccc(-c2nc(C3CCCCO3)cc(N3C4CCC3COC4)n2)cc1. The van der Waals surface area contributed by atoms with E-state index in [-0.39, 0.29) is 6.10 Å². The molecule has 4 heterocycles. The van der Waals surface area contributed by atoms with Crippen molar-refractivity contribution in [2.24, 2.45) is 0 Å². The molecule has 142 valence electrons. The van der Waals surface area contributed by atoms with Gasteiger partial charge in [-0.15, -0.1) is 0 Å². The van der Waals surface area contributed by atoms with Gasteiger partial charge >= 0.3 is 0 Å². The summed E-state index contributed by atoms with van der Waals surface area (Å²) in [5.74, 6) is 1.76. The molecule has 5 rings (SSSR count). The number of fused-ring (bicyclic) bond motifs is 2. The molecule has 0 saturated carbocycles. The zero-order valence-corrected chi connectivity index (χ0v) is 15.5. The fraction of sp³-hybridized carbons (Fsp3) is 0.524. The van der Waals surface area contributed by atoms with Crippen LogP contribution in [0.1, 0.15) is 43.9 Å². The van der Waals surface area contributed by atoms with Crippen LogP contribution in [0.5, 0.6) is 0 Å². The zero-order valence-electron chi connectivity index (χ0n) is 15.5. The largest absolute Gasteiger partial charge is 0.399 e. The molecular weight excluding hydrogens is 340 g/mol. The van der Waals surface area contributed by atoms with Crippen LogP contribution in [-0.4, -0.2) is 41.9 Å². The number of hydrogen-bond donors (Lipinski definition) is 1. The predicted molar refractivity (Wildman–Crippen MR) is 105 cm³/mol. The van der Waals surface area contributed by atoms with Crippen LogP contribution >= 0.6 is 0 Å². The number of ether oxygens (including phenoxy) is 2. The lowest BCUT2D eigenvalue weighted by Gasteiger charge is -2.36. The molecule has 3 atom stereocenters. The van der Waals surface area contributed by atoms with E-state index < -0.39 is 0 Å². The Hall–Kier alpha value is -2.18. The number of nitrogens with zero attached hydrogens (tertiary/aromatic N) is 3. The van der Waals surface area contributed by atoms with Gasteiger partial charge in [-0.05, 0) is 56.4 Å². The Balaban J connectivity index is 1.57. The quantitative estimate of drug-likeness (QED) is 0.840. The summed E-state index contributed by atoms with van der Waals surface area (Å²) in [5, 5.41) is 0. The number of nitrogen functional groups attached to an aromatic ring is 1. The Morgan fingerprint density at radius 3 is 2.44 bits per heavy atom. The Bertz CT molecular complexity index is 788. The van der Waals surface area contributed by atoms with Crippen molar-refractivity contribution in [3.8, 4) is 11.4 Å². The fourth-order valence-corrected chi connectivity index (χ4v) is 4.49. The summed E-state index contributed by atoms with van der Waals surface area (Å²) in [4.78, 5) is 12.3. The van der Waals surface area contributed by atoms with Crippen molar-refractivity contribution in [3.63, 3.8) is 0 Å². The van der Waals surface area contributed by atoms with Gasteiger partial charge in [0, 0.05) is 23.9 Å². The molecule has 2 N–H and O–H groups in total. The van der Waals surface area contributed by atoms with Crippen LogP contribution in [0.3, 0.4) is 0 Å². The van der Waals surface area contributed by atoms with E-state index in [9.17, 15) is 0 Å². The van der Waals surface area contributed by atoms with Crippen LogP contribution in [0.2, 0.25) is 0 Å². The van der Waals surface area contributed by atoms with Crippen molar-refractivity contribution in [2.75, 3.05) is 30.5 Å². The summed E-state index contributed by atoms with van der Waals surface area (Å²) in [6.45, 7) is 2.38. The third-order valence-corrected chi connectivity index (χ3v) is 5.92. The topological polar surface area (TPSA) is 73.5 Å². The van der Waals surface area contributed by atoms with Crippen LogP contribution in [0, 0.1) is 0 Å². The molecule has 3 aliphatic rings. The van der Waals surface area contributed by atoms with Gasteiger partial charge < -0.3 is 20.1 Å². The summed E-state index contributed by atoms with van der Waals surface area (Å²) < 4.78 is 11.8. The van der Waals surface area contributed by atoms with E-state index in [1.54, 1.807) is 0 Å². The molecule has 1 aromatic carbocycles. The highest BCUT2D eigenvalue weighted by Crippen LogP contribution is 2.36. The Morgan fingerprint density at radius 1 is 0.963 bits per heavy atom. The molecule has 6 nitrogen and oxygen atoms in total. The Kier molecular flexibility index (Phi) is 4.45. The van der Waals surface area contributed by atoms with Gasteiger partial charge in [0.25, 0.3) is 0 Å². The highest BCUT2D eigenvalue weighted by molar-refractivity contribution is 5.61. The standard InChI is InChI=1S/C21H26N4O2/c22-15-6-4-14(5-7-15)21-23-18(19-3-1-2-10-27-19)11-20(24-21)25-16-8-9-17(25)13-26-12-16/h4-7,11,16-17,19H,1-3,8-10,12-13,22H2. The van der Waals surface area contributed by atoms with E-state index in [0.29, 0.717) is 12.1 Å². The van der Waals surface area contributed by atoms with Crippen LogP contribution in [0.25, 0.3) is 11.4 Å². The van der Waals surface area contributed by atoms with Gasteiger partial charge in [0.1, 0.15) is 5.82 Å². The Morgan fingerprint density at radius 2 is 1.74 bits per heavy atom. The molecule has 3 fully saturated rings. The van der Waals surface area contributed by atoms with Gasteiger partial charge in [-0.25, -0.2) is 9.97 Å². The number of nitrogens with two attached hydrogens (primary N) is 1.